The maximum atomic E-state index is 15.6. The summed E-state index contributed by atoms with van der Waals surface area (Å²) in [5.74, 6) is -13.7. The number of fused-ring (bicyclic) bond motifs is 4. The smallest absolute Gasteiger partial charge is 0.469 e. The number of hydrogen-bond donors (Lipinski definition) is 5. The molecule has 78 heavy (non-hydrogen) atoms. The van der Waals surface area contributed by atoms with Gasteiger partial charge in [0.25, 0.3) is 5.92 Å². The number of nitrogens with one attached hydrogen (secondary N) is 2. The number of carbonyl (C=O) groups is 3. The monoisotopic (exact) mass is 1200 g/mol. The molecule has 0 bridgehead atoms. The van der Waals surface area contributed by atoms with E-state index in [0.29, 0.717) is 12.3 Å². The fraction of sp³-hybridized carbons (Fsp3) is 0.455. The molecule has 1 saturated carbocycles. The first-order valence-corrected chi connectivity index (χ1v) is 28.3. The molecule has 7 rings (SSSR count). The third-order valence-corrected chi connectivity index (χ3v) is 17.1. The van der Waals surface area contributed by atoms with Crippen LogP contribution in [-0.4, -0.2) is 110 Å². The summed E-state index contributed by atoms with van der Waals surface area (Å²) in [7, 11) is -14.5. The summed E-state index contributed by atoms with van der Waals surface area (Å²) in [5, 5.41) is 19.6. The molecule has 3 heterocycles. The second-order valence-electron chi connectivity index (χ2n) is 19.2. The second-order valence-corrected chi connectivity index (χ2v) is 25.3. The first-order valence-electron chi connectivity index (χ1n) is 22.6. The number of rotatable bonds is 19. The summed E-state index contributed by atoms with van der Waals surface area (Å²) in [6.07, 6.45) is -12.9. The van der Waals surface area contributed by atoms with E-state index in [1.165, 1.54) is 19.9 Å². The van der Waals surface area contributed by atoms with Crippen molar-refractivity contribution in [2.24, 2.45) is 5.92 Å². The van der Waals surface area contributed by atoms with Crippen LogP contribution < -0.4 is 14.9 Å². The Hall–Kier alpha value is -5.92. The van der Waals surface area contributed by atoms with Crippen molar-refractivity contribution in [1.82, 2.24) is 35.2 Å². The number of aryl methyl sites for hydroxylation is 1. The Morgan fingerprint density at radius 1 is 0.949 bits per heavy atom. The topological polar surface area (TPSA) is 282 Å². The predicted molar refractivity (Wildman–Crippen MR) is 254 cm³/mol. The van der Waals surface area contributed by atoms with Crippen LogP contribution in [0.4, 0.5) is 54.5 Å². The van der Waals surface area contributed by atoms with Crippen LogP contribution in [0, 0.1) is 17.6 Å². The highest BCUT2D eigenvalue weighted by molar-refractivity contribution is 7.93. The minimum Gasteiger partial charge on any atom is -0.480 e. The lowest BCUT2D eigenvalue weighted by Crippen LogP contribution is -2.54. The third kappa shape index (κ3) is 12.6. The van der Waals surface area contributed by atoms with Crippen molar-refractivity contribution >= 4 is 73.9 Å². The molecular formula is C44H44ClF10N8O12PS2. The summed E-state index contributed by atoms with van der Waals surface area (Å²) in [5.41, 5.74) is -6.15. The highest BCUT2D eigenvalue weighted by Crippen LogP contribution is 2.68. The number of aliphatic carboxylic acids is 1. The molecule has 0 spiro atoms. The van der Waals surface area contributed by atoms with E-state index in [0.717, 1.165) is 43.5 Å². The molecular weight excluding hydrogens is 1150 g/mol. The number of carbonyl (C=O) groups excluding carboxylic acids is 2. The molecule has 5 aromatic rings. The van der Waals surface area contributed by atoms with Crippen LogP contribution in [-0.2, 0) is 76.6 Å². The molecule has 1 fully saturated rings. The summed E-state index contributed by atoms with van der Waals surface area (Å²) in [6.45, 7) is -0.0135. The summed E-state index contributed by atoms with van der Waals surface area (Å²) in [6, 6.07) is 0.000861. The van der Waals surface area contributed by atoms with Crippen molar-refractivity contribution in [3.05, 3.63) is 93.0 Å². The number of hydrogen-bond acceptors (Lipinski definition) is 12. The average molecular weight is 1200 g/mol. The molecule has 3 amide bonds. The SMILES string of the molecule is C[C@@H](OP(=O)(O)O)[C@H](NC(=O)N(c1nn(CC(F)(F)F)c2c(-c3ccc(CCC(C)(C)S(C)(=O)=O)nc3[C@H](Cc3cc(F)cc(F)c3)NC(=O)Cn3nc(C(F)(F)F)c4c3C(F)(F)C3C[C@H]43)ccc(Cl)c12)S(C)(=O)=O)C(=O)O. The number of carboxylic acid groups (broad SMARTS) is 1. The molecule has 1 unspecified atom stereocenters. The first-order chi connectivity index (χ1) is 35.6. The molecule has 2 aliphatic carbocycles. The van der Waals surface area contributed by atoms with Crippen LogP contribution in [0.1, 0.15) is 79.5 Å². The van der Waals surface area contributed by atoms with Gasteiger partial charge < -0.3 is 25.5 Å². The summed E-state index contributed by atoms with van der Waals surface area (Å²) in [4.78, 5) is 63.6. The fourth-order valence-electron chi connectivity index (χ4n) is 9.07. The van der Waals surface area contributed by atoms with Gasteiger partial charge in [-0.3, -0.25) is 23.7 Å². The molecule has 426 valence electrons. The molecule has 0 radical (unpaired) electrons. The highest BCUT2D eigenvalue weighted by Gasteiger charge is 2.68. The standard InChI is InChI=1S/C44H44ClF10N8O12PS2/c1-19(75-76(68,69)70)33(39(65)66)58-40(67)63(78(5,73)74)38-32-28(45)9-8-25(35(32)62(60-38)18-42(48,49)50)24-7-6-23(10-11-41(2,3)77(4,71)72)56-34(24)29(14-20-12-21(46)15-22(47)13-20)57-30(64)17-61-37-31(36(59-61)44(53,54)55)26-16-27(26)43(37,51)52/h6-9,12-13,15,19,26-27,29,33H,10-11,14,16-18H2,1-5H3,(H,57,64)(H,58,67)(H,65,66)(H2,68,69,70)/t19-,26+,27?,29+,33+/m1/s1. The van der Waals surface area contributed by atoms with Gasteiger partial charge in [0.05, 0.1) is 44.8 Å². The Morgan fingerprint density at radius 2 is 1.56 bits per heavy atom. The molecule has 5 atom stereocenters. The molecule has 34 heteroatoms. The van der Waals surface area contributed by atoms with E-state index < -0.39 is 180 Å². The summed E-state index contributed by atoms with van der Waals surface area (Å²) < 4.78 is 215. The number of nitrogens with zero attached hydrogens (tertiary/aromatic N) is 6. The number of alkyl halides is 8. The number of halogens is 11. The lowest BCUT2D eigenvalue weighted by molar-refractivity contribution is -0.143. The van der Waals surface area contributed by atoms with Crippen molar-refractivity contribution in [3.8, 4) is 11.1 Å². The van der Waals surface area contributed by atoms with Gasteiger partial charge >= 0.3 is 32.2 Å². The lowest BCUT2D eigenvalue weighted by atomic mass is 9.93. The predicted octanol–water partition coefficient (Wildman–Crippen LogP) is 7.30. The molecule has 2 aliphatic rings. The van der Waals surface area contributed by atoms with E-state index in [1.807, 2.05) is 0 Å². The van der Waals surface area contributed by atoms with Crippen LogP contribution in [0.25, 0.3) is 22.0 Å². The van der Waals surface area contributed by atoms with Crippen LogP contribution >= 0.6 is 19.4 Å². The minimum atomic E-state index is -5.50. The van der Waals surface area contributed by atoms with Gasteiger partial charge in [0.1, 0.15) is 30.4 Å². The van der Waals surface area contributed by atoms with Gasteiger partial charge in [-0.2, -0.15) is 49.6 Å². The number of sulfonamides is 1. The normalized spacial score (nSPS) is 17.8. The number of phosphoric ester groups is 1. The number of benzene rings is 2. The zero-order chi connectivity index (χ0) is 58.4. The average Bonchev–Trinajstić information content (AvgIpc) is 3.87. The largest absolute Gasteiger partial charge is 0.480 e. The number of anilines is 1. The Kier molecular flexibility index (Phi) is 15.8. The van der Waals surface area contributed by atoms with E-state index in [1.54, 1.807) is 5.32 Å². The van der Waals surface area contributed by atoms with Gasteiger partial charge in [0.2, 0.25) is 15.9 Å². The van der Waals surface area contributed by atoms with Gasteiger partial charge in [-0.05, 0) is 82.2 Å². The Bertz CT molecular complexity index is 3520. The van der Waals surface area contributed by atoms with Crippen molar-refractivity contribution in [3.63, 3.8) is 0 Å². The quantitative estimate of drug-likeness (QED) is 0.0401. The third-order valence-electron chi connectivity index (χ3n) is 13.0. The van der Waals surface area contributed by atoms with Gasteiger partial charge in [0, 0.05) is 40.6 Å². The van der Waals surface area contributed by atoms with Crippen molar-refractivity contribution in [1.29, 1.82) is 0 Å². The first kappa shape index (κ1) is 59.7. The van der Waals surface area contributed by atoms with E-state index >= 15 is 8.78 Å². The molecule has 0 saturated heterocycles. The number of phosphoric acid groups is 1. The maximum Gasteiger partial charge on any atom is 0.469 e. The molecule has 20 nitrogen and oxygen atoms in total. The van der Waals surface area contributed by atoms with Gasteiger partial charge in [-0.1, -0.05) is 23.7 Å². The molecule has 3 aromatic heterocycles. The Balaban J connectivity index is 1.46. The van der Waals surface area contributed by atoms with Crippen LogP contribution in [0.3, 0.4) is 0 Å². The number of aromatic nitrogens is 5. The highest BCUT2D eigenvalue weighted by atomic mass is 35.5. The molecule has 5 N–H and O–H groups in total. The fourth-order valence-corrected chi connectivity index (χ4v) is 11.1. The zero-order valence-corrected chi connectivity index (χ0v) is 44.1. The number of sulfone groups is 1. The van der Waals surface area contributed by atoms with Gasteiger partial charge in [-0.25, -0.2) is 39.8 Å². The second kappa shape index (κ2) is 20.6. The Morgan fingerprint density at radius 3 is 2.12 bits per heavy atom. The lowest BCUT2D eigenvalue weighted by Gasteiger charge is -2.25. The van der Waals surface area contributed by atoms with Crippen molar-refractivity contribution in [2.45, 2.75) is 107 Å². The number of pyridine rings is 1. The van der Waals surface area contributed by atoms with Crippen LogP contribution in [0.2, 0.25) is 5.02 Å². The van der Waals surface area contributed by atoms with Crippen molar-refractivity contribution < 1.29 is 99.1 Å². The number of urea groups is 1. The molecule has 0 aliphatic heterocycles. The van der Waals surface area contributed by atoms with E-state index in [-0.39, 0.29) is 49.8 Å². The summed E-state index contributed by atoms with van der Waals surface area (Å²) >= 11 is 6.60. The maximum absolute atomic E-state index is 15.6. The van der Waals surface area contributed by atoms with E-state index in [4.69, 9.17) is 11.6 Å². The van der Waals surface area contributed by atoms with E-state index in [9.17, 15) is 85.8 Å². The number of amides is 3. The zero-order valence-electron chi connectivity index (χ0n) is 40.8. The Labute approximate surface area is 440 Å². The molecule has 2 aromatic carbocycles. The van der Waals surface area contributed by atoms with Crippen LogP contribution in [0.5, 0.6) is 0 Å². The van der Waals surface area contributed by atoms with Crippen molar-refractivity contribution in [2.75, 3.05) is 16.8 Å². The number of carboxylic acids is 1. The van der Waals surface area contributed by atoms with Gasteiger partial charge in [-0.15, -0.1) is 0 Å². The van der Waals surface area contributed by atoms with Crippen LogP contribution in [0.15, 0.2) is 42.5 Å². The minimum absolute atomic E-state index is 0.0340. The van der Waals surface area contributed by atoms with E-state index in [2.05, 4.69) is 25.0 Å². The van der Waals surface area contributed by atoms with Gasteiger partial charge in [0.15, 0.2) is 27.4 Å².